The molecule has 1 aromatic heterocycles. The summed E-state index contributed by atoms with van der Waals surface area (Å²) in [5, 5.41) is 3.49. The third-order valence-corrected chi connectivity index (χ3v) is 3.79. The van der Waals surface area contributed by atoms with Crippen LogP contribution in [0.2, 0.25) is 0 Å². The molecule has 0 aromatic carbocycles. The van der Waals surface area contributed by atoms with Crippen LogP contribution in [-0.4, -0.2) is 22.1 Å². The third kappa shape index (κ3) is 2.80. The molecule has 1 aromatic rings. The lowest BCUT2D eigenvalue weighted by Crippen LogP contribution is -2.43. The standard InChI is InChI=1S/C14H24N4/c1-10(2)12-8-11(3)16-13(17-12)18-14(9-15)6-4-5-7-14/h8,10H,4-7,9,15H2,1-3H3,(H,16,17,18). The highest BCUT2D eigenvalue weighted by atomic mass is 15.2. The van der Waals surface area contributed by atoms with E-state index in [2.05, 4.69) is 35.2 Å². The van der Waals surface area contributed by atoms with Crippen molar-refractivity contribution in [1.29, 1.82) is 0 Å². The molecule has 0 saturated heterocycles. The minimum atomic E-state index is 0.0159. The molecule has 0 radical (unpaired) electrons. The number of nitrogens with two attached hydrogens (primary N) is 1. The molecule has 1 saturated carbocycles. The van der Waals surface area contributed by atoms with Crippen LogP contribution in [-0.2, 0) is 0 Å². The molecule has 1 aliphatic carbocycles. The van der Waals surface area contributed by atoms with Gasteiger partial charge in [0.15, 0.2) is 0 Å². The van der Waals surface area contributed by atoms with Gasteiger partial charge < -0.3 is 11.1 Å². The van der Waals surface area contributed by atoms with Crippen molar-refractivity contribution in [2.45, 2.75) is 57.9 Å². The molecule has 0 aliphatic heterocycles. The predicted molar refractivity (Wildman–Crippen MR) is 74.7 cm³/mol. The zero-order valence-electron chi connectivity index (χ0n) is 11.7. The number of hydrogen-bond acceptors (Lipinski definition) is 4. The van der Waals surface area contributed by atoms with E-state index in [-0.39, 0.29) is 5.54 Å². The van der Waals surface area contributed by atoms with Crippen molar-refractivity contribution in [2.75, 3.05) is 11.9 Å². The molecule has 18 heavy (non-hydrogen) atoms. The van der Waals surface area contributed by atoms with Crippen molar-refractivity contribution in [1.82, 2.24) is 9.97 Å². The number of anilines is 1. The monoisotopic (exact) mass is 248 g/mol. The average molecular weight is 248 g/mol. The van der Waals surface area contributed by atoms with E-state index in [4.69, 9.17) is 5.73 Å². The van der Waals surface area contributed by atoms with Gasteiger partial charge in [0.05, 0.1) is 5.54 Å². The second-order valence-electron chi connectivity index (χ2n) is 5.73. The summed E-state index contributed by atoms with van der Waals surface area (Å²) in [5.41, 5.74) is 8.06. The number of nitrogens with zero attached hydrogens (tertiary/aromatic N) is 2. The smallest absolute Gasteiger partial charge is 0.223 e. The quantitative estimate of drug-likeness (QED) is 0.859. The minimum absolute atomic E-state index is 0.0159. The van der Waals surface area contributed by atoms with Crippen LogP contribution in [0, 0.1) is 6.92 Å². The fourth-order valence-electron chi connectivity index (χ4n) is 2.61. The lowest BCUT2D eigenvalue weighted by Gasteiger charge is -2.29. The molecule has 1 aliphatic rings. The molecule has 1 heterocycles. The van der Waals surface area contributed by atoms with E-state index >= 15 is 0 Å². The summed E-state index contributed by atoms with van der Waals surface area (Å²) in [6.07, 6.45) is 4.73. The molecule has 100 valence electrons. The zero-order chi connectivity index (χ0) is 13.2. The number of aryl methyl sites for hydroxylation is 1. The highest BCUT2D eigenvalue weighted by molar-refractivity contribution is 5.33. The van der Waals surface area contributed by atoms with Crippen molar-refractivity contribution in [3.63, 3.8) is 0 Å². The molecule has 4 nitrogen and oxygen atoms in total. The van der Waals surface area contributed by atoms with Crippen LogP contribution in [0.4, 0.5) is 5.95 Å². The average Bonchev–Trinajstić information content (AvgIpc) is 2.77. The van der Waals surface area contributed by atoms with E-state index in [0.717, 1.165) is 30.2 Å². The first kappa shape index (κ1) is 13.3. The Morgan fingerprint density at radius 3 is 2.56 bits per heavy atom. The maximum atomic E-state index is 5.93. The zero-order valence-corrected chi connectivity index (χ0v) is 11.7. The number of rotatable bonds is 4. The topological polar surface area (TPSA) is 63.8 Å². The maximum absolute atomic E-state index is 5.93. The first-order chi connectivity index (χ1) is 8.54. The first-order valence-electron chi connectivity index (χ1n) is 6.88. The maximum Gasteiger partial charge on any atom is 0.223 e. The molecule has 1 fully saturated rings. The summed E-state index contributed by atoms with van der Waals surface area (Å²) in [4.78, 5) is 9.11. The first-order valence-corrected chi connectivity index (χ1v) is 6.88. The van der Waals surface area contributed by atoms with Gasteiger partial charge in [0.2, 0.25) is 5.95 Å². The van der Waals surface area contributed by atoms with Gasteiger partial charge in [-0.05, 0) is 31.7 Å². The highest BCUT2D eigenvalue weighted by Crippen LogP contribution is 2.31. The summed E-state index contributed by atoms with van der Waals surface area (Å²) >= 11 is 0. The molecule has 0 bridgehead atoms. The Hall–Kier alpha value is -1.16. The molecule has 0 spiro atoms. The summed E-state index contributed by atoms with van der Waals surface area (Å²) in [5.74, 6) is 1.16. The van der Waals surface area contributed by atoms with Crippen LogP contribution in [0.3, 0.4) is 0 Å². The Kier molecular flexibility index (Phi) is 3.85. The van der Waals surface area contributed by atoms with Gasteiger partial charge in [0.25, 0.3) is 0 Å². The van der Waals surface area contributed by atoms with Gasteiger partial charge in [0.1, 0.15) is 0 Å². The minimum Gasteiger partial charge on any atom is -0.347 e. The van der Waals surface area contributed by atoms with Gasteiger partial charge in [0, 0.05) is 17.9 Å². The van der Waals surface area contributed by atoms with Crippen molar-refractivity contribution in [2.24, 2.45) is 5.73 Å². The van der Waals surface area contributed by atoms with Gasteiger partial charge in [-0.3, -0.25) is 0 Å². The molecule has 2 rings (SSSR count). The fraction of sp³-hybridized carbons (Fsp3) is 0.714. The molecule has 4 heteroatoms. The fourth-order valence-corrected chi connectivity index (χ4v) is 2.61. The normalized spacial score (nSPS) is 18.3. The molecule has 0 amide bonds. The SMILES string of the molecule is Cc1cc(C(C)C)nc(NC2(CN)CCCC2)n1. The molecular weight excluding hydrogens is 224 g/mol. The molecule has 0 atom stereocenters. The lowest BCUT2D eigenvalue weighted by atomic mass is 9.98. The predicted octanol–water partition coefficient (Wildman–Crippen LogP) is 2.59. The van der Waals surface area contributed by atoms with Crippen LogP contribution in [0.1, 0.15) is 56.8 Å². The van der Waals surface area contributed by atoms with Crippen LogP contribution >= 0.6 is 0 Å². The third-order valence-electron chi connectivity index (χ3n) is 3.79. The van der Waals surface area contributed by atoms with Gasteiger partial charge in [-0.25, -0.2) is 9.97 Å². The summed E-state index contributed by atoms with van der Waals surface area (Å²) in [6, 6.07) is 2.06. The van der Waals surface area contributed by atoms with E-state index in [0.29, 0.717) is 12.5 Å². The summed E-state index contributed by atoms with van der Waals surface area (Å²) in [6.45, 7) is 6.98. The van der Waals surface area contributed by atoms with E-state index < -0.39 is 0 Å². The Labute approximate surface area is 109 Å². The second-order valence-corrected chi connectivity index (χ2v) is 5.73. The molecule has 0 unspecified atom stereocenters. The lowest BCUT2D eigenvalue weighted by molar-refractivity contribution is 0.488. The Morgan fingerprint density at radius 1 is 1.33 bits per heavy atom. The molecular formula is C14H24N4. The number of nitrogens with one attached hydrogen (secondary N) is 1. The van der Waals surface area contributed by atoms with Gasteiger partial charge >= 0.3 is 0 Å². The highest BCUT2D eigenvalue weighted by Gasteiger charge is 2.33. The van der Waals surface area contributed by atoms with E-state index in [9.17, 15) is 0 Å². The van der Waals surface area contributed by atoms with E-state index in [1.165, 1.54) is 12.8 Å². The summed E-state index contributed by atoms with van der Waals surface area (Å²) in [7, 11) is 0. The van der Waals surface area contributed by atoms with Crippen molar-refractivity contribution in [3.8, 4) is 0 Å². The Morgan fingerprint density at radius 2 is 2.00 bits per heavy atom. The van der Waals surface area contributed by atoms with Gasteiger partial charge in [-0.15, -0.1) is 0 Å². The molecule has 3 N–H and O–H groups in total. The van der Waals surface area contributed by atoms with Gasteiger partial charge in [-0.1, -0.05) is 26.7 Å². The second kappa shape index (κ2) is 5.22. The Bertz CT molecular complexity index is 408. The van der Waals surface area contributed by atoms with Crippen LogP contribution in [0.5, 0.6) is 0 Å². The summed E-state index contributed by atoms with van der Waals surface area (Å²) < 4.78 is 0. The van der Waals surface area contributed by atoms with Gasteiger partial charge in [-0.2, -0.15) is 0 Å². The van der Waals surface area contributed by atoms with Crippen LogP contribution < -0.4 is 11.1 Å². The largest absolute Gasteiger partial charge is 0.347 e. The van der Waals surface area contributed by atoms with Crippen LogP contribution in [0.25, 0.3) is 0 Å². The Balaban J connectivity index is 2.22. The van der Waals surface area contributed by atoms with E-state index in [1.54, 1.807) is 0 Å². The van der Waals surface area contributed by atoms with Crippen molar-refractivity contribution >= 4 is 5.95 Å². The van der Waals surface area contributed by atoms with Crippen LogP contribution in [0.15, 0.2) is 6.07 Å². The van der Waals surface area contributed by atoms with E-state index in [1.807, 2.05) is 6.92 Å². The van der Waals surface area contributed by atoms with Crippen molar-refractivity contribution < 1.29 is 0 Å². The number of aromatic nitrogens is 2. The number of hydrogen-bond donors (Lipinski definition) is 2. The van der Waals surface area contributed by atoms with Crippen molar-refractivity contribution in [3.05, 3.63) is 17.5 Å².